The maximum atomic E-state index is 11.6. The zero-order valence-corrected chi connectivity index (χ0v) is 13.5. The van der Waals surface area contributed by atoms with Gasteiger partial charge in [0.05, 0.1) is 0 Å². The fourth-order valence-corrected chi connectivity index (χ4v) is 2.05. The number of ether oxygens (including phenoxy) is 1. The Bertz CT molecular complexity index is 415. The number of esters is 1. The van der Waals surface area contributed by atoms with Crippen LogP contribution in [0.5, 0.6) is 0 Å². The van der Waals surface area contributed by atoms with Crippen molar-refractivity contribution >= 4 is 17.8 Å². The van der Waals surface area contributed by atoms with Crippen LogP contribution in [0.25, 0.3) is 0 Å². The number of nitrogens with one attached hydrogen (secondary N) is 2. The molecule has 1 fully saturated rings. The van der Waals surface area contributed by atoms with Crippen LogP contribution < -0.4 is 10.6 Å². The first kappa shape index (κ1) is 17.3. The maximum Gasteiger partial charge on any atom is 0.325 e. The van der Waals surface area contributed by atoms with Gasteiger partial charge in [0.1, 0.15) is 12.1 Å². The summed E-state index contributed by atoms with van der Waals surface area (Å²) in [6.07, 6.45) is 1.29. The van der Waals surface area contributed by atoms with Crippen LogP contribution in [0.1, 0.15) is 33.6 Å². The van der Waals surface area contributed by atoms with Crippen LogP contribution in [0.3, 0.4) is 0 Å². The van der Waals surface area contributed by atoms with Crippen molar-refractivity contribution in [3.05, 3.63) is 0 Å². The minimum Gasteiger partial charge on any atom is -0.459 e. The first-order valence-electron chi connectivity index (χ1n) is 7.14. The first-order chi connectivity index (χ1) is 9.71. The van der Waals surface area contributed by atoms with Crippen LogP contribution >= 0.6 is 0 Å². The van der Waals surface area contributed by atoms with Crippen LogP contribution in [0.15, 0.2) is 4.99 Å². The second-order valence-corrected chi connectivity index (χ2v) is 6.17. The Balaban J connectivity index is 2.39. The molecular formula is C14H26N4O3. The maximum absolute atomic E-state index is 11.6. The van der Waals surface area contributed by atoms with Gasteiger partial charge in [-0.1, -0.05) is 0 Å². The smallest absolute Gasteiger partial charge is 0.325 e. The lowest BCUT2D eigenvalue weighted by Crippen LogP contribution is -2.52. The summed E-state index contributed by atoms with van der Waals surface area (Å²) in [4.78, 5) is 28.9. The molecule has 0 aliphatic carbocycles. The molecule has 1 aliphatic heterocycles. The van der Waals surface area contributed by atoms with Gasteiger partial charge in [-0.15, -0.1) is 0 Å². The predicted octanol–water partition coefficient (Wildman–Crippen LogP) is 0.114. The molecule has 1 heterocycles. The number of nitrogens with zero attached hydrogens (tertiary/aromatic N) is 2. The van der Waals surface area contributed by atoms with Crippen molar-refractivity contribution in [1.82, 2.24) is 15.5 Å². The second kappa shape index (κ2) is 7.28. The van der Waals surface area contributed by atoms with E-state index in [1.54, 1.807) is 19.0 Å². The molecule has 21 heavy (non-hydrogen) atoms. The van der Waals surface area contributed by atoms with Gasteiger partial charge in [0, 0.05) is 33.1 Å². The van der Waals surface area contributed by atoms with Crippen molar-refractivity contribution in [3.63, 3.8) is 0 Å². The van der Waals surface area contributed by atoms with E-state index in [-0.39, 0.29) is 24.5 Å². The number of rotatable bonds is 3. The topological polar surface area (TPSA) is 83.0 Å². The third kappa shape index (κ3) is 6.46. The molecule has 120 valence electrons. The fourth-order valence-electron chi connectivity index (χ4n) is 2.05. The Hall–Kier alpha value is -1.79. The number of hydrogen-bond acceptors (Lipinski definition) is 4. The van der Waals surface area contributed by atoms with Gasteiger partial charge in [-0.05, 0) is 27.2 Å². The Morgan fingerprint density at radius 2 is 2.14 bits per heavy atom. The van der Waals surface area contributed by atoms with E-state index >= 15 is 0 Å². The van der Waals surface area contributed by atoms with Crippen molar-refractivity contribution in [2.45, 2.75) is 45.3 Å². The summed E-state index contributed by atoms with van der Waals surface area (Å²) in [6, 6.07) is 0.137. The highest BCUT2D eigenvalue weighted by Gasteiger charge is 2.23. The summed E-state index contributed by atoms with van der Waals surface area (Å²) in [5, 5.41) is 6.14. The zero-order chi connectivity index (χ0) is 16.0. The van der Waals surface area contributed by atoms with Gasteiger partial charge in [0.25, 0.3) is 0 Å². The lowest BCUT2D eigenvalue weighted by atomic mass is 10.1. The quantitative estimate of drug-likeness (QED) is 0.439. The van der Waals surface area contributed by atoms with E-state index in [0.29, 0.717) is 18.9 Å². The number of likely N-dealkylation sites (N-methyl/N-ethyl adjacent to an activating group) is 1. The molecule has 1 saturated heterocycles. The minimum atomic E-state index is -0.498. The second-order valence-electron chi connectivity index (χ2n) is 6.17. The Morgan fingerprint density at radius 1 is 1.48 bits per heavy atom. The first-order valence-corrected chi connectivity index (χ1v) is 7.14. The number of carbonyl (C=O) groups is 2. The van der Waals surface area contributed by atoms with Crippen LogP contribution in [0.2, 0.25) is 0 Å². The van der Waals surface area contributed by atoms with Crippen molar-refractivity contribution in [3.8, 4) is 0 Å². The van der Waals surface area contributed by atoms with Gasteiger partial charge >= 0.3 is 5.97 Å². The predicted molar refractivity (Wildman–Crippen MR) is 81.0 cm³/mol. The molecule has 7 nitrogen and oxygen atoms in total. The van der Waals surface area contributed by atoms with Gasteiger partial charge in [-0.3, -0.25) is 14.6 Å². The SMILES string of the molecule is CN=C(NCC(=O)OC(C)(C)C)NC1CCC(=O)N(C)C1. The molecule has 1 rings (SSSR count). The van der Waals surface area contributed by atoms with Crippen LogP contribution in [-0.4, -0.2) is 61.6 Å². The molecule has 7 heteroatoms. The summed E-state index contributed by atoms with van der Waals surface area (Å²) >= 11 is 0. The number of amides is 1. The molecule has 0 aromatic heterocycles. The molecule has 0 radical (unpaired) electrons. The summed E-state index contributed by atoms with van der Waals surface area (Å²) in [6.45, 7) is 6.16. The molecule has 1 amide bonds. The van der Waals surface area contributed by atoms with E-state index in [1.807, 2.05) is 20.8 Å². The fraction of sp³-hybridized carbons (Fsp3) is 0.786. The van der Waals surface area contributed by atoms with E-state index in [1.165, 1.54) is 0 Å². The lowest BCUT2D eigenvalue weighted by Gasteiger charge is -2.31. The van der Waals surface area contributed by atoms with Gasteiger partial charge in [-0.25, -0.2) is 0 Å². The number of aliphatic imine (C=N–C) groups is 1. The Morgan fingerprint density at radius 3 is 2.67 bits per heavy atom. The molecule has 0 bridgehead atoms. The number of carbonyl (C=O) groups excluding carboxylic acids is 2. The van der Waals surface area contributed by atoms with Gasteiger partial charge < -0.3 is 20.3 Å². The molecule has 0 aromatic carbocycles. The average Bonchev–Trinajstić information content (AvgIpc) is 2.36. The normalized spacial score (nSPS) is 20.2. The molecule has 0 spiro atoms. The van der Waals surface area contributed by atoms with E-state index in [4.69, 9.17) is 4.74 Å². The number of hydrogen-bond donors (Lipinski definition) is 2. The molecule has 2 N–H and O–H groups in total. The molecule has 0 aromatic rings. The monoisotopic (exact) mass is 298 g/mol. The number of piperidine rings is 1. The van der Waals surface area contributed by atoms with Crippen molar-refractivity contribution in [1.29, 1.82) is 0 Å². The highest BCUT2D eigenvalue weighted by molar-refractivity contribution is 5.85. The van der Waals surface area contributed by atoms with Gasteiger partial charge in [0.15, 0.2) is 5.96 Å². The van der Waals surface area contributed by atoms with Crippen LogP contribution in [0.4, 0.5) is 0 Å². The van der Waals surface area contributed by atoms with E-state index in [2.05, 4.69) is 15.6 Å². The van der Waals surface area contributed by atoms with Crippen LogP contribution in [-0.2, 0) is 14.3 Å². The lowest BCUT2D eigenvalue weighted by molar-refractivity contribution is -0.153. The molecule has 1 unspecified atom stereocenters. The molecule has 1 aliphatic rings. The Labute approximate surface area is 126 Å². The zero-order valence-electron chi connectivity index (χ0n) is 13.5. The standard InChI is InChI=1S/C14H26N4O3/c1-14(2,3)21-12(20)8-16-13(15-4)17-10-6-7-11(19)18(5)9-10/h10H,6-9H2,1-5H3,(H2,15,16,17). The summed E-state index contributed by atoms with van der Waals surface area (Å²) in [7, 11) is 3.43. The van der Waals surface area contributed by atoms with E-state index in [9.17, 15) is 9.59 Å². The highest BCUT2D eigenvalue weighted by Crippen LogP contribution is 2.09. The highest BCUT2D eigenvalue weighted by atomic mass is 16.6. The van der Waals surface area contributed by atoms with Crippen LogP contribution in [0, 0.1) is 0 Å². The van der Waals surface area contributed by atoms with E-state index < -0.39 is 5.60 Å². The molecular weight excluding hydrogens is 272 g/mol. The molecule has 1 atom stereocenters. The largest absolute Gasteiger partial charge is 0.459 e. The summed E-state index contributed by atoms with van der Waals surface area (Å²) in [5.74, 6) is 0.361. The van der Waals surface area contributed by atoms with Gasteiger partial charge in [0.2, 0.25) is 5.91 Å². The average molecular weight is 298 g/mol. The van der Waals surface area contributed by atoms with E-state index in [0.717, 1.165) is 6.42 Å². The van der Waals surface area contributed by atoms with Crippen molar-refractivity contribution < 1.29 is 14.3 Å². The van der Waals surface area contributed by atoms with Crippen molar-refractivity contribution in [2.24, 2.45) is 4.99 Å². The van der Waals surface area contributed by atoms with Gasteiger partial charge in [-0.2, -0.15) is 0 Å². The number of guanidine groups is 1. The summed E-state index contributed by atoms with van der Waals surface area (Å²) in [5.41, 5.74) is -0.498. The minimum absolute atomic E-state index is 0.0540. The van der Waals surface area contributed by atoms with Crippen molar-refractivity contribution in [2.75, 3.05) is 27.2 Å². The summed E-state index contributed by atoms with van der Waals surface area (Å²) < 4.78 is 5.22. The number of likely N-dealkylation sites (tertiary alicyclic amines) is 1. The third-order valence-electron chi connectivity index (χ3n) is 3.01. The third-order valence-corrected chi connectivity index (χ3v) is 3.01. The Kier molecular flexibility index (Phi) is 5.99. The molecule has 0 saturated carbocycles.